The Morgan fingerprint density at radius 2 is 2.15 bits per heavy atom. The van der Waals surface area contributed by atoms with E-state index >= 15 is 0 Å². The van der Waals surface area contributed by atoms with Crippen LogP contribution in [0, 0.1) is 11.6 Å². The lowest BCUT2D eigenvalue weighted by Crippen LogP contribution is -2.41. The first-order chi connectivity index (χ1) is 12.6. The number of nitrogens with one attached hydrogen (secondary N) is 1. The number of benzene rings is 1. The monoisotopic (exact) mass is 356 g/mol. The van der Waals surface area contributed by atoms with Crippen LogP contribution in [0.2, 0.25) is 0 Å². The number of rotatable bonds is 3. The third kappa shape index (κ3) is 3.93. The minimum absolute atomic E-state index is 0.0393. The predicted molar refractivity (Wildman–Crippen MR) is 95.1 cm³/mol. The number of carbonyl (C=O) groups is 1. The fourth-order valence-corrected chi connectivity index (χ4v) is 2.90. The van der Waals surface area contributed by atoms with Crippen molar-refractivity contribution < 1.29 is 13.6 Å². The van der Waals surface area contributed by atoms with E-state index in [1.54, 1.807) is 24.4 Å². The molecule has 1 aliphatic carbocycles. The number of nitrogens with zero attached hydrogens (tertiary/aromatic N) is 2. The van der Waals surface area contributed by atoms with Crippen LogP contribution in [0.15, 0.2) is 59.4 Å². The van der Waals surface area contributed by atoms with Crippen LogP contribution in [-0.2, 0) is 0 Å². The van der Waals surface area contributed by atoms with E-state index in [9.17, 15) is 13.6 Å². The summed E-state index contributed by atoms with van der Waals surface area (Å²) in [6, 6.07) is 7.95. The van der Waals surface area contributed by atoms with Crippen LogP contribution in [0.4, 0.5) is 14.5 Å². The molecular weight excluding hydrogens is 338 g/mol. The van der Waals surface area contributed by atoms with Crippen LogP contribution in [-0.4, -0.2) is 22.6 Å². The summed E-state index contributed by atoms with van der Waals surface area (Å²) in [5.74, 6) is -1.72. The molecule has 1 amide bonds. The molecule has 2 aromatic rings. The Balaban J connectivity index is 1.83. The number of amides is 1. The van der Waals surface area contributed by atoms with Crippen molar-refractivity contribution in [3.8, 4) is 0 Å². The SMILES string of the molecule is N/C=C1\C(=Nc2ccc(F)cc2F)CCCC1NC(=O)c1ccccn1. The van der Waals surface area contributed by atoms with Gasteiger partial charge in [-0.05, 0) is 43.5 Å². The molecule has 0 bridgehead atoms. The first kappa shape index (κ1) is 17.7. The molecule has 26 heavy (non-hydrogen) atoms. The molecule has 1 aromatic heterocycles. The van der Waals surface area contributed by atoms with Gasteiger partial charge in [0.25, 0.3) is 5.91 Å². The second-order valence-corrected chi connectivity index (χ2v) is 5.91. The van der Waals surface area contributed by atoms with Gasteiger partial charge < -0.3 is 11.1 Å². The molecule has 0 spiro atoms. The summed E-state index contributed by atoms with van der Waals surface area (Å²) in [5.41, 5.74) is 7.30. The minimum Gasteiger partial charge on any atom is -0.404 e. The fraction of sp³-hybridized carbons (Fsp3) is 0.211. The van der Waals surface area contributed by atoms with E-state index < -0.39 is 11.6 Å². The maximum absolute atomic E-state index is 13.9. The number of halogens is 2. The third-order valence-corrected chi connectivity index (χ3v) is 4.16. The molecule has 1 heterocycles. The molecule has 3 N–H and O–H groups in total. The van der Waals surface area contributed by atoms with Gasteiger partial charge in [0.1, 0.15) is 11.5 Å². The Hall–Kier alpha value is -3.09. The third-order valence-electron chi connectivity index (χ3n) is 4.16. The fourth-order valence-electron chi connectivity index (χ4n) is 2.90. The van der Waals surface area contributed by atoms with E-state index in [0.717, 1.165) is 18.6 Å². The molecule has 3 rings (SSSR count). The first-order valence-electron chi connectivity index (χ1n) is 8.25. The lowest BCUT2D eigenvalue weighted by Gasteiger charge is -2.27. The summed E-state index contributed by atoms with van der Waals surface area (Å²) < 4.78 is 27.0. The summed E-state index contributed by atoms with van der Waals surface area (Å²) in [5, 5.41) is 2.89. The molecule has 1 unspecified atom stereocenters. The second kappa shape index (κ2) is 7.86. The number of pyridine rings is 1. The lowest BCUT2D eigenvalue weighted by atomic mass is 9.88. The lowest BCUT2D eigenvalue weighted by molar-refractivity contribution is 0.0936. The summed E-state index contributed by atoms with van der Waals surface area (Å²) in [7, 11) is 0. The van der Waals surface area contributed by atoms with E-state index in [4.69, 9.17) is 5.73 Å². The van der Waals surface area contributed by atoms with Crippen molar-refractivity contribution in [3.05, 3.63) is 71.7 Å². The molecule has 1 fully saturated rings. The highest BCUT2D eigenvalue weighted by molar-refractivity contribution is 6.04. The number of hydrogen-bond donors (Lipinski definition) is 2. The van der Waals surface area contributed by atoms with Crippen molar-refractivity contribution >= 4 is 17.3 Å². The molecule has 7 heteroatoms. The van der Waals surface area contributed by atoms with Gasteiger partial charge in [-0.3, -0.25) is 9.78 Å². The van der Waals surface area contributed by atoms with Gasteiger partial charge >= 0.3 is 0 Å². The van der Waals surface area contributed by atoms with Crippen molar-refractivity contribution in [2.75, 3.05) is 0 Å². The van der Waals surface area contributed by atoms with Gasteiger partial charge in [-0.1, -0.05) is 6.07 Å². The van der Waals surface area contributed by atoms with Gasteiger partial charge in [0.05, 0.1) is 11.7 Å². The van der Waals surface area contributed by atoms with Gasteiger partial charge in [0.2, 0.25) is 0 Å². The normalized spacial score (nSPS) is 20.3. The molecule has 134 valence electrons. The highest BCUT2D eigenvalue weighted by Gasteiger charge is 2.26. The molecule has 1 saturated carbocycles. The number of aliphatic imine (C=N–C) groups is 1. The van der Waals surface area contributed by atoms with E-state index in [-0.39, 0.29) is 17.6 Å². The van der Waals surface area contributed by atoms with Crippen LogP contribution >= 0.6 is 0 Å². The van der Waals surface area contributed by atoms with Gasteiger partial charge in [-0.15, -0.1) is 0 Å². The Labute approximate surface area is 149 Å². The van der Waals surface area contributed by atoms with E-state index in [2.05, 4.69) is 15.3 Å². The van der Waals surface area contributed by atoms with Crippen LogP contribution < -0.4 is 11.1 Å². The quantitative estimate of drug-likeness (QED) is 0.886. The number of nitrogens with two attached hydrogens (primary N) is 1. The molecule has 1 atom stereocenters. The maximum Gasteiger partial charge on any atom is 0.270 e. The van der Waals surface area contributed by atoms with Gasteiger partial charge in [0, 0.05) is 29.7 Å². The minimum atomic E-state index is -0.742. The smallest absolute Gasteiger partial charge is 0.270 e. The Morgan fingerprint density at radius 3 is 2.85 bits per heavy atom. The zero-order valence-corrected chi connectivity index (χ0v) is 14.0. The van der Waals surface area contributed by atoms with Crippen LogP contribution in [0.25, 0.3) is 0 Å². The summed E-state index contributed by atoms with van der Waals surface area (Å²) in [6.07, 6.45) is 4.96. The van der Waals surface area contributed by atoms with E-state index in [1.165, 1.54) is 12.3 Å². The van der Waals surface area contributed by atoms with Crippen molar-refractivity contribution in [3.63, 3.8) is 0 Å². The molecule has 1 aromatic carbocycles. The average molecular weight is 356 g/mol. The van der Waals surface area contributed by atoms with E-state index in [1.807, 2.05) is 0 Å². The maximum atomic E-state index is 13.9. The molecular formula is C19H18F2N4O. The number of aromatic nitrogens is 1. The average Bonchev–Trinajstić information content (AvgIpc) is 2.65. The van der Waals surface area contributed by atoms with Crippen LogP contribution in [0.5, 0.6) is 0 Å². The number of hydrogen-bond acceptors (Lipinski definition) is 4. The topological polar surface area (TPSA) is 80.4 Å². The summed E-state index contributed by atoms with van der Waals surface area (Å²) >= 11 is 0. The van der Waals surface area contributed by atoms with E-state index in [0.29, 0.717) is 29.8 Å². The molecule has 0 saturated heterocycles. The molecule has 0 aliphatic heterocycles. The van der Waals surface area contributed by atoms with Gasteiger partial charge in [-0.25, -0.2) is 13.8 Å². The summed E-state index contributed by atoms with van der Waals surface area (Å²) in [4.78, 5) is 20.7. The van der Waals surface area contributed by atoms with Crippen molar-refractivity contribution in [1.29, 1.82) is 0 Å². The molecule has 0 radical (unpaired) electrons. The highest BCUT2D eigenvalue weighted by Crippen LogP contribution is 2.26. The Bertz CT molecular complexity index is 865. The Kier molecular flexibility index (Phi) is 5.36. The first-order valence-corrected chi connectivity index (χ1v) is 8.25. The van der Waals surface area contributed by atoms with Crippen LogP contribution in [0.3, 0.4) is 0 Å². The van der Waals surface area contributed by atoms with Crippen molar-refractivity contribution in [2.24, 2.45) is 10.7 Å². The molecule has 5 nitrogen and oxygen atoms in total. The van der Waals surface area contributed by atoms with Crippen LogP contribution in [0.1, 0.15) is 29.8 Å². The molecule has 1 aliphatic rings. The highest BCUT2D eigenvalue weighted by atomic mass is 19.1. The Morgan fingerprint density at radius 1 is 1.31 bits per heavy atom. The van der Waals surface area contributed by atoms with Gasteiger partial charge in [-0.2, -0.15) is 0 Å². The summed E-state index contributed by atoms with van der Waals surface area (Å²) in [6.45, 7) is 0. The zero-order valence-electron chi connectivity index (χ0n) is 14.0. The second-order valence-electron chi connectivity index (χ2n) is 5.91. The van der Waals surface area contributed by atoms with Gasteiger partial charge in [0.15, 0.2) is 5.82 Å². The predicted octanol–water partition coefficient (Wildman–Crippen LogP) is 3.26. The zero-order chi connectivity index (χ0) is 18.5. The van der Waals surface area contributed by atoms with Crippen molar-refractivity contribution in [2.45, 2.75) is 25.3 Å². The standard InChI is InChI=1S/C19H18F2N4O/c20-12-7-8-17(14(21)10-12)24-15-5-3-6-16(13(15)11-22)25-19(26)18-4-1-2-9-23-18/h1-2,4,7-11,16H,3,5-6,22H2,(H,25,26)/b13-11+,24-15?. The van der Waals surface area contributed by atoms with Crippen molar-refractivity contribution in [1.82, 2.24) is 10.3 Å². The number of carbonyl (C=O) groups excluding carboxylic acids is 1. The largest absolute Gasteiger partial charge is 0.404 e.